The highest BCUT2D eigenvalue weighted by molar-refractivity contribution is 6.27. The first-order chi connectivity index (χ1) is 52.6. The largest absolute Gasteiger partial charge is 0.456 e. The van der Waals surface area contributed by atoms with Gasteiger partial charge in [-0.1, -0.05) is 363 Å². The van der Waals surface area contributed by atoms with Gasteiger partial charge < -0.3 is 8.83 Å². The van der Waals surface area contributed by atoms with Crippen molar-refractivity contribution in [2.75, 3.05) is 0 Å². The average molecular weight is 1360 g/mol. The zero-order chi connectivity index (χ0) is 71.2. The summed E-state index contributed by atoms with van der Waals surface area (Å²) in [6, 6.07) is 136. The van der Waals surface area contributed by atoms with E-state index in [0.717, 1.165) is 55.0 Å². The summed E-state index contributed by atoms with van der Waals surface area (Å²) < 4.78 is 24.7. The molecule has 2 nitrogen and oxygen atoms in total. The number of benzene rings is 19. The fraction of sp³-hybridized carbons (Fsp3) is 0.0385. The zero-order valence-electron chi connectivity index (χ0n) is 59.6. The third kappa shape index (κ3) is 11.1. The molecule has 0 aliphatic carbocycles. The Hall–Kier alpha value is -13.4. The predicted octanol–water partition coefficient (Wildman–Crippen LogP) is 31.1. The fourth-order valence-electron chi connectivity index (χ4n) is 16.6. The first-order valence-corrected chi connectivity index (χ1v) is 35.1. The molecule has 2 heterocycles. The Morgan fingerprint density at radius 2 is 0.491 bits per heavy atom. The van der Waals surface area contributed by atoms with Crippen molar-refractivity contribution in [1.29, 1.82) is 0 Å². The van der Waals surface area contributed by atoms with Crippen LogP contribution in [0, 0.1) is 0 Å². The summed E-state index contributed by atoms with van der Waals surface area (Å²) in [6.45, 7) is 0. The van der Waals surface area contributed by atoms with E-state index >= 15 is 0 Å². The van der Waals surface area contributed by atoms with Crippen molar-refractivity contribution < 1.29 is 11.6 Å². The number of rotatable bonds is 8. The fourth-order valence-corrected chi connectivity index (χ4v) is 16.6. The van der Waals surface area contributed by atoms with Gasteiger partial charge >= 0.3 is 0 Å². The van der Waals surface area contributed by atoms with Crippen LogP contribution in [0.25, 0.3) is 208 Å². The maximum absolute atomic E-state index is 6.62. The molecular formula is C104H78O2. The van der Waals surface area contributed by atoms with E-state index in [1.165, 1.54) is 168 Å². The number of hydrogen-bond donors (Lipinski definition) is 0. The van der Waals surface area contributed by atoms with Crippen LogP contribution in [-0.4, -0.2) is 0 Å². The van der Waals surface area contributed by atoms with Crippen molar-refractivity contribution in [1.82, 2.24) is 0 Å². The van der Waals surface area contributed by atoms with Gasteiger partial charge in [0.1, 0.15) is 22.3 Å². The van der Waals surface area contributed by atoms with Crippen LogP contribution in [0.3, 0.4) is 0 Å². The van der Waals surface area contributed by atoms with Gasteiger partial charge in [-0.25, -0.2) is 0 Å². The lowest BCUT2D eigenvalue weighted by atomic mass is 9.83. The second-order valence-corrected chi connectivity index (χ2v) is 26.8. The van der Waals surface area contributed by atoms with Crippen LogP contribution in [0.5, 0.6) is 0 Å². The Morgan fingerprint density at radius 1 is 0.160 bits per heavy atom. The van der Waals surface area contributed by atoms with Crippen LogP contribution in [-0.2, 0) is 0 Å². The third-order valence-electron chi connectivity index (χ3n) is 21.1. The van der Waals surface area contributed by atoms with Crippen LogP contribution in [0.2, 0.25) is 0 Å². The Bertz CT molecular complexity index is 6810. The lowest BCUT2D eigenvalue weighted by molar-refractivity contribution is 0.669. The van der Waals surface area contributed by atoms with E-state index in [2.05, 4.69) is 364 Å². The van der Waals surface area contributed by atoms with Gasteiger partial charge in [0.05, 0.1) is 0 Å². The van der Waals surface area contributed by atoms with E-state index in [1.54, 1.807) is 0 Å². The van der Waals surface area contributed by atoms with Gasteiger partial charge in [-0.2, -0.15) is 0 Å². The first kappa shape index (κ1) is 64.7. The molecule has 0 fully saturated rings. The van der Waals surface area contributed by atoms with Crippen molar-refractivity contribution >= 4 is 119 Å². The zero-order valence-corrected chi connectivity index (χ0v) is 57.6. The molecule has 0 atom stereocenters. The molecular weight excluding hydrogens is 1280 g/mol. The number of fused-ring (bicyclic) bond motifs is 13. The van der Waals surface area contributed by atoms with E-state index in [-0.39, 0.29) is 14.9 Å². The summed E-state index contributed by atoms with van der Waals surface area (Å²) >= 11 is 0. The van der Waals surface area contributed by atoms with E-state index in [0.29, 0.717) is 0 Å². The molecule has 0 radical (unpaired) electrons. The van der Waals surface area contributed by atoms with Crippen molar-refractivity contribution in [2.24, 2.45) is 0 Å². The monoisotopic (exact) mass is 1360 g/mol. The van der Waals surface area contributed by atoms with Crippen molar-refractivity contribution in [3.05, 3.63) is 376 Å². The molecule has 106 heavy (non-hydrogen) atoms. The summed E-state index contributed by atoms with van der Waals surface area (Å²) in [5, 5.41) is 21.9. The quantitative estimate of drug-likeness (QED) is 0.142. The molecule has 0 spiro atoms. The smallest absolute Gasteiger partial charge is 0.136 e. The lowest BCUT2D eigenvalue weighted by Crippen LogP contribution is -1.93. The van der Waals surface area contributed by atoms with Crippen LogP contribution in [0.15, 0.2) is 385 Å². The SMILES string of the molecule is C.C.[2H]C.[2H]C.c1ccc(-c2cc(-c3c4ccccc4c(-c4ccc(-c5ccc6ccccc6c5)cc4)c4ccccc34)cc3oc4ccccc4c23)cc1.c1ccc(-c2cc(-c3c4ccccc4c(-c4ccc(-c5cccc6ccccc56)c5ccccc45)c4ccccc34)cc3oc4ccccc4c23)cc1. The van der Waals surface area contributed by atoms with E-state index < -0.39 is 0 Å². The predicted molar refractivity (Wildman–Crippen MR) is 460 cm³/mol. The minimum absolute atomic E-state index is 0. The normalized spacial score (nSPS) is 11.4. The van der Waals surface area contributed by atoms with E-state index in [4.69, 9.17) is 11.6 Å². The lowest BCUT2D eigenvalue weighted by Gasteiger charge is -2.20. The molecule has 19 aromatic carbocycles. The molecule has 21 aromatic rings. The summed E-state index contributed by atoms with van der Waals surface area (Å²) in [5.74, 6) is 0. The van der Waals surface area contributed by atoms with Crippen molar-refractivity contribution in [3.63, 3.8) is 0 Å². The Morgan fingerprint density at radius 3 is 0.972 bits per heavy atom. The van der Waals surface area contributed by atoms with Gasteiger partial charge in [-0.15, -0.1) is 0 Å². The van der Waals surface area contributed by atoms with E-state index in [9.17, 15) is 0 Å². The Balaban J connectivity index is 0.000000155. The van der Waals surface area contributed by atoms with Crippen molar-refractivity contribution in [2.45, 2.75) is 29.7 Å². The number of hydrogen-bond acceptors (Lipinski definition) is 2. The molecule has 2 heteroatoms. The third-order valence-corrected chi connectivity index (χ3v) is 21.1. The van der Waals surface area contributed by atoms with Crippen molar-refractivity contribution in [3.8, 4) is 89.0 Å². The van der Waals surface area contributed by atoms with Gasteiger partial charge in [-0.3, -0.25) is 0 Å². The second-order valence-electron chi connectivity index (χ2n) is 26.8. The first-order valence-electron chi connectivity index (χ1n) is 37.1. The maximum atomic E-state index is 6.62. The topological polar surface area (TPSA) is 26.3 Å². The minimum Gasteiger partial charge on any atom is -0.456 e. The van der Waals surface area contributed by atoms with Crippen LogP contribution < -0.4 is 0 Å². The molecule has 0 bridgehead atoms. The molecule has 0 unspecified atom stereocenters. The molecule has 506 valence electrons. The van der Waals surface area contributed by atoms with Gasteiger partial charge in [0.25, 0.3) is 0 Å². The standard InChI is InChI=1S/C52H32O.C48H30O.4CH4/c1-2-15-34(16-3-1)47-31-35(32-49-52(47)46-26-12-13-28-48(46)53-49)50-41-22-8-10-24-43(41)51(44-25-11-9-23-42(44)50)45-30-29-40(38-20-6-7-21-39(38)45)37-27-14-18-33-17-4-5-19-36(33)37;1-2-13-33(14-3-1)43-29-37(30-45-48(43)42-20-10-11-21-44(42)49-45)47-40-18-8-6-16-38(40)46(39-17-7-9-19-41(39)47)34-25-22-32(23-26-34)36-27-24-31-12-4-5-15-35(31)28-36;;;;/h1-32H;1-30H;4*1H4/i;;2*1D;;. The average Bonchev–Trinajstić information content (AvgIpc) is 0.824. The maximum Gasteiger partial charge on any atom is 0.136 e. The molecule has 0 saturated carbocycles. The highest BCUT2D eigenvalue weighted by Crippen LogP contribution is 2.51. The van der Waals surface area contributed by atoms with Crippen LogP contribution >= 0.6 is 0 Å². The molecule has 0 aliphatic heterocycles. The molecule has 21 rings (SSSR count). The summed E-state index contributed by atoms with van der Waals surface area (Å²) in [7, 11) is 2.50. The van der Waals surface area contributed by atoms with Crippen LogP contribution in [0.4, 0.5) is 0 Å². The second kappa shape index (κ2) is 27.8. The summed E-state index contributed by atoms with van der Waals surface area (Å²) in [4.78, 5) is 0. The molecule has 0 N–H and O–H groups in total. The van der Waals surface area contributed by atoms with Gasteiger partial charge in [-0.05, 0) is 207 Å². The molecule has 0 saturated heterocycles. The molecule has 0 aliphatic rings. The Labute approximate surface area is 621 Å². The van der Waals surface area contributed by atoms with Gasteiger partial charge in [0, 0.05) is 24.3 Å². The summed E-state index contributed by atoms with van der Waals surface area (Å²) in [6.07, 6.45) is 0. The molecule has 2 aromatic heterocycles. The molecule has 0 amide bonds. The Kier molecular flexibility index (Phi) is 16.9. The summed E-state index contributed by atoms with van der Waals surface area (Å²) in [5.41, 5.74) is 23.0. The number of furan rings is 2. The number of para-hydroxylation sites is 2. The van der Waals surface area contributed by atoms with E-state index in [1.807, 2.05) is 12.1 Å². The van der Waals surface area contributed by atoms with Gasteiger partial charge in [0.2, 0.25) is 0 Å². The van der Waals surface area contributed by atoms with Crippen LogP contribution in [0.1, 0.15) is 32.4 Å². The highest BCUT2D eigenvalue weighted by atomic mass is 16.3. The van der Waals surface area contributed by atoms with Gasteiger partial charge in [0.15, 0.2) is 0 Å². The highest BCUT2D eigenvalue weighted by Gasteiger charge is 2.24. The minimum atomic E-state index is 0.